The average Bonchev–Trinajstić information content (AvgIpc) is 2.71. The van der Waals surface area contributed by atoms with Crippen LogP contribution in [0.15, 0.2) is 12.3 Å². The second-order valence-electron chi connectivity index (χ2n) is 6.71. The van der Waals surface area contributed by atoms with Crippen LogP contribution in [0.3, 0.4) is 0 Å². The van der Waals surface area contributed by atoms with Crippen LogP contribution in [-0.2, 0) is 6.54 Å². The molecule has 2 heterocycles. The van der Waals surface area contributed by atoms with E-state index in [1.165, 1.54) is 64.6 Å². The quantitative estimate of drug-likeness (QED) is 0.874. The summed E-state index contributed by atoms with van der Waals surface area (Å²) in [5.41, 5.74) is 5.79. The lowest BCUT2D eigenvalue weighted by Gasteiger charge is -2.38. The first-order valence-electron chi connectivity index (χ1n) is 8.85. The Balaban J connectivity index is 1.55. The molecule has 22 heavy (non-hydrogen) atoms. The Morgan fingerprint density at radius 1 is 1.14 bits per heavy atom. The van der Waals surface area contributed by atoms with Crippen LogP contribution >= 0.6 is 0 Å². The Hall–Kier alpha value is -1.20. The molecular formula is C17H29N5. The minimum atomic E-state index is 0.575. The molecule has 1 aromatic heterocycles. The summed E-state index contributed by atoms with van der Waals surface area (Å²) in [5.74, 6) is 1.44. The number of hydrogen-bond acceptors (Lipinski definition) is 5. The number of hydrogen-bond donors (Lipinski definition) is 1. The second-order valence-corrected chi connectivity index (χ2v) is 6.71. The molecule has 1 aliphatic heterocycles. The Bertz CT molecular complexity index is 452. The third-order valence-corrected chi connectivity index (χ3v) is 5.06. The van der Waals surface area contributed by atoms with Gasteiger partial charge in [-0.1, -0.05) is 19.3 Å². The van der Waals surface area contributed by atoms with Gasteiger partial charge in [-0.3, -0.25) is 4.90 Å². The van der Waals surface area contributed by atoms with Crippen molar-refractivity contribution < 1.29 is 0 Å². The van der Waals surface area contributed by atoms with E-state index in [4.69, 9.17) is 5.73 Å². The molecule has 1 aromatic rings. The van der Waals surface area contributed by atoms with Crippen molar-refractivity contribution in [3.63, 3.8) is 0 Å². The van der Waals surface area contributed by atoms with E-state index in [2.05, 4.69) is 19.8 Å². The van der Waals surface area contributed by atoms with Crippen molar-refractivity contribution >= 4 is 5.82 Å². The monoisotopic (exact) mass is 303 g/mol. The van der Waals surface area contributed by atoms with Crippen molar-refractivity contribution in [2.45, 2.75) is 57.5 Å². The molecule has 0 spiro atoms. The van der Waals surface area contributed by atoms with Gasteiger partial charge in [0.25, 0.3) is 0 Å². The summed E-state index contributed by atoms with van der Waals surface area (Å²) in [7, 11) is 0. The van der Waals surface area contributed by atoms with Crippen molar-refractivity contribution in [1.82, 2.24) is 19.8 Å². The number of nitrogens with zero attached hydrogens (tertiary/aromatic N) is 4. The summed E-state index contributed by atoms with van der Waals surface area (Å²) in [6.07, 6.45) is 11.3. The predicted molar refractivity (Wildman–Crippen MR) is 89.4 cm³/mol. The number of likely N-dealkylation sites (tertiary alicyclic amines) is 1. The molecule has 0 atom stereocenters. The van der Waals surface area contributed by atoms with Crippen LogP contribution in [0.1, 0.15) is 50.8 Å². The van der Waals surface area contributed by atoms with Gasteiger partial charge in [-0.05, 0) is 44.8 Å². The van der Waals surface area contributed by atoms with Crippen molar-refractivity contribution in [2.24, 2.45) is 0 Å². The number of nitrogens with two attached hydrogens (primary N) is 1. The molecule has 0 amide bonds. The van der Waals surface area contributed by atoms with Gasteiger partial charge in [-0.15, -0.1) is 0 Å². The number of rotatable bonds is 6. The number of aromatic nitrogens is 2. The molecule has 5 nitrogen and oxygen atoms in total. The molecule has 122 valence electrons. The van der Waals surface area contributed by atoms with Crippen LogP contribution in [-0.4, -0.2) is 52.0 Å². The minimum absolute atomic E-state index is 0.575. The van der Waals surface area contributed by atoms with E-state index >= 15 is 0 Å². The van der Waals surface area contributed by atoms with Gasteiger partial charge in [0, 0.05) is 25.3 Å². The SMILES string of the molecule is Nc1ccnc(CN(CCN2CCCCCC2)C2CCC2)n1. The van der Waals surface area contributed by atoms with E-state index in [1.807, 2.05) is 0 Å². The smallest absolute Gasteiger partial charge is 0.144 e. The molecular weight excluding hydrogens is 274 g/mol. The largest absolute Gasteiger partial charge is 0.384 e. The number of anilines is 1. The van der Waals surface area contributed by atoms with Crippen molar-refractivity contribution in [3.05, 3.63) is 18.1 Å². The molecule has 0 bridgehead atoms. The van der Waals surface area contributed by atoms with Gasteiger partial charge in [-0.25, -0.2) is 9.97 Å². The van der Waals surface area contributed by atoms with Crippen LogP contribution in [0, 0.1) is 0 Å². The summed E-state index contributed by atoms with van der Waals surface area (Å²) >= 11 is 0. The number of nitrogen functional groups attached to an aromatic ring is 1. The predicted octanol–water partition coefficient (Wildman–Crippen LogP) is 2.29. The lowest BCUT2D eigenvalue weighted by atomic mass is 9.91. The van der Waals surface area contributed by atoms with Gasteiger partial charge in [0.15, 0.2) is 0 Å². The Kier molecular flexibility index (Phi) is 5.62. The van der Waals surface area contributed by atoms with Gasteiger partial charge < -0.3 is 10.6 Å². The zero-order valence-corrected chi connectivity index (χ0v) is 13.6. The van der Waals surface area contributed by atoms with Crippen LogP contribution in [0.5, 0.6) is 0 Å². The maximum atomic E-state index is 5.79. The van der Waals surface area contributed by atoms with Crippen molar-refractivity contribution in [3.8, 4) is 0 Å². The third-order valence-electron chi connectivity index (χ3n) is 5.06. The first kappa shape index (κ1) is 15.7. The lowest BCUT2D eigenvalue weighted by Crippen LogP contribution is -2.44. The van der Waals surface area contributed by atoms with E-state index in [9.17, 15) is 0 Å². The van der Waals surface area contributed by atoms with Crippen LogP contribution in [0.2, 0.25) is 0 Å². The molecule has 2 aliphatic rings. The summed E-state index contributed by atoms with van der Waals surface area (Å²) in [4.78, 5) is 14.0. The van der Waals surface area contributed by atoms with Crippen molar-refractivity contribution in [1.29, 1.82) is 0 Å². The van der Waals surface area contributed by atoms with Gasteiger partial charge in [-0.2, -0.15) is 0 Å². The first-order chi connectivity index (χ1) is 10.8. The van der Waals surface area contributed by atoms with E-state index in [0.29, 0.717) is 5.82 Å². The van der Waals surface area contributed by atoms with E-state index in [1.54, 1.807) is 12.3 Å². The van der Waals surface area contributed by atoms with Gasteiger partial charge in [0.05, 0.1) is 6.54 Å². The molecule has 0 radical (unpaired) electrons. The summed E-state index contributed by atoms with van der Waals surface area (Å²) < 4.78 is 0. The molecule has 3 rings (SSSR count). The highest BCUT2D eigenvalue weighted by molar-refractivity contribution is 5.25. The lowest BCUT2D eigenvalue weighted by molar-refractivity contribution is 0.0998. The van der Waals surface area contributed by atoms with Crippen LogP contribution < -0.4 is 5.73 Å². The maximum absolute atomic E-state index is 5.79. The summed E-state index contributed by atoms with van der Waals surface area (Å²) in [6.45, 7) is 5.69. The summed E-state index contributed by atoms with van der Waals surface area (Å²) in [6, 6.07) is 2.48. The van der Waals surface area contributed by atoms with E-state index in [-0.39, 0.29) is 0 Å². The molecule has 1 saturated heterocycles. The standard InChI is InChI=1S/C17H29N5/c18-16-8-9-19-17(20-16)14-22(15-6-5-7-15)13-12-21-10-3-1-2-4-11-21/h8-9,15H,1-7,10-14H2,(H2,18,19,20). The van der Waals surface area contributed by atoms with Crippen molar-refractivity contribution in [2.75, 3.05) is 31.9 Å². The highest BCUT2D eigenvalue weighted by Crippen LogP contribution is 2.25. The fourth-order valence-corrected chi connectivity index (χ4v) is 3.44. The summed E-state index contributed by atoms with van der Waals surface area (Å²) in [5, 5.41) is 0. The Morgan fingerprint density at radius 2 is 1.91 bits per heavy atom. The molecule has 5 heteroatoms. The normalized spacial score (nSPS) is 20.8. The molecule has 2 N–H and O–H groups in total. The molecule has 2 fully saturated rings. The molecule has 0 unspecified atom stereocenters. The fraction of sp³-hybridized carbons (Fsp3) is 0.765. The molecule has 0 aromatic carbocycles. The minimum Gasteiger partial charge on any atom is -0.384 e. The zero-order chi connectivity index (χ0) is 15.2. The fourth-order valence-electron chi connectivity index (χ4n) is 3.44. The van der Waals surface area contributed by atoms with E-state index in [0.717, 1.165) is 25.0 Å². The third kappa shape index (κ3) is 4.40. The average molecular weight is 303 g/mol. The molecule has 1 saturated carbocycles. The second kappa shape index (κ2) is 7.88. The van der Waals surface area contributed by atoms with Gasteiger partial charge >= 0.3 is 0 Å². The molecule has 1 aliphatic carbocycles. The van der Waals surface area contributed by atoms with Crippen LogP contribution in [0.4, 0.5) is 5.82 Å². The van der Waals surface area contributed by atoms with E-state index < -0.39 is 0 Å². The first-order valence-corrected chi connectivity index (χ1v) is 8.85. The van der Waals surface area contributed by atoms with Crippen LogP contribution in [0.25, 0.3) is 0 Å². The topological polar surface area (TPSA) is 58.3 Å². The van der Waals surface area contributed by atoms with Gasteiger partial charge in [0.1, 0.15) is 11.6 Å². The highest BCUT2D eigenvalue weighted by atomic mass is 15.2. The van der Waals surface area contributed by atoms with Gasteiger partial charge in [0.2, 0.25) is 0 Å². The zero-order valence-electron chi connectivity index (χ0n) is 13.6. The highest BCUT2D eigenvalue weighted by Gasteiger charge is 2.26. The Labute approximate surface area is 133 Å². The Morgan fingerprint density at radius 3 is 2.55 bits per heavy atom. The maximum Gasteiger partial charge on any atom is 0.144 e.